The molecule has 0 radical (unpaired) electrons. The molecule has 0 spiro atoms. The van der Waals surface area contributed by atoms with Gasteiger partial charge in [-0.25, -0.2) is 0 Å². The third kappa shape index (κ3) is 3.40. The van der Waals surface area contributed by atoms with Crippen molar-refractivity contribution in [3.05, 3.63) is 55.7 Å². The Morgan fingerprint density at radius 2 is 1.31 bits per heavy atom. The third-order valence-electron chi connectivity index (χ3n) is 3.71. The van der Waals surface area contributed by atoms with Crippen molar-refractivity contribution in [3.8, 4) is 0 Å². The molecular weight excluding hydrogens is 372 g/mol. The van der Waals surface area contributed by atoms with Crippen LogP contribution >= 0.6 is 0 Å². The number of hydrogen-bond acceptors (Lipinski definition) is 8. The SMILES string of the molecule is CCCc1c2oc(C(=O)[O-])cc(=O)c2cc2c(=O)cc(C(=O)[O-])oc12.[Ca+2]. The van der Waals surface area contributed by atoms with E-state index in [2.05, 4.69) is 0 Å². The zero-order valence-electron chi connectivity index (χ0n) is 13.6. The second-order valence-corrected chi connectivity index (χ2v) is 5.38. The molecule has 0 atom stereocenters. The summed E-state index contributed by atoms with van der Waals surface area (Å²) in [6.45, 7) is 1.80. The number of carboxylic acids is 2. The number of rotatable bonds is 4. The van der Waals surface area contributed by atoms with Crippen molar-refractivity contribution in [1.82, 2.24) is 0 Å². The summed E-state index contributed by atoms with van der Waals surface area (Å²) in [6.07, 6.45) is 0.791. The first-order chi connectivity index (χ1) is 11.8. The first kappa shape index (κ1) is 20.2. The fourth-order valence-corrected chi connectivity index (χ4v) is 2.65. The quantitative estimate of drug-likeness (QED) is 0.422. The van der Waals surface area contributed by atoms with Gasteiger partial charge in [0.05, 0.1) is 10.8 Å². The number of benzene rings is 1. The van der Waals surface area contributed by atoms with E-state index in [-0.39, 0.29) is 71.7 Å². The van der Waals surface area contributed by atoms with Gasteiger partial charge in [-0.05, 0) is 12.5 Å². The van der Waals surface area contributed by atoms with E-state index in [1.165, 1.54) is 6.07 Å². The van der Waals surface area contributed by atoms with Crippen molar-refractivity contribution in [2.45, 2.75) is 19.8 Å². The summed E-state index contributed by atoms with van der Waals surface area (Å²) in [5.74, 6) is -4.70. The van der Waals surface area contributed by atoms with Crippen LogP contribution in [0.15, 0.2) is 36.6 Å². The number of hydrogen-bond donors (Lipinski definition) is 0. The molecule has 0 aliphatic heterocycles. The number of aryl methyl sites for hydroxylation is 1. The fraction of sp³-hybridized carbons (Fsp3) is 0.176. The second-order valence-electron chi connectivity index (χ2n) is 5.38. The Balaban J connectivity index is 0.00000243. The largest absolute Gasteiger partial charge is 2.00 e. The average molecular weight is 382 g/mol. The summed E-state index contributed by atoms with van der Waals surface area (Å²) in [5.41, 5.74) is -1.26. The summed E-state index contributed by atoms with van der Waals surface area (Å²) in [5, 5.41) is 22.0. The number of carbonyl (C=O) groups is 2. The third-order valence-corrected chi connectivity index (χ3v) is 3.71. The monoisotopic (exact) mass is 382 g/mol. The van der Waals surface area contributed by atoms with Crippen LogP contribution in [-0.2, 0) is 6.42 Å². The maximum atomic E-state index is 12.2. The Morgan fingerprint density at radius 3 is 1.65 bits per heavy atom. The van der Waals surface area contributed by atoms with E-state index in [0.717, 1.165) is 12.1 Å². The molecule has 1 aromatic carbocycles. The van der Waals surface area contributed by atoms with Crippen molar-refractivity contribution in [3.63, 3.8) is 0 Å². The van der Waals surface area contributed by atoms with Gasteiger partial charge in [0.2, 0.25) is 0 Å². The topological polar surface area (TPSA) is 141 Å². The molecule has 26 heavy (non-hydrogen) atoms. The molecule has 3 aromatic rings. The summed E-state index contributed by atoms with van der Waals surface area (Å²) < 4.78 is 10.5. The van der Waals surface area contributed by atoms with Crippen molar-refractivity contribution >= 4 is 71.6 Å². The summed E-state index contributed by atoms with van der Waals surface area (Å²) in [4.78, 5) is 46.5. The van der Waals surface area contributed by atoms with Crippen molar-refractivity contribution in [1.29, 1.82) is 0 Å². The van der Waals surface area contributed by atoms with Gasteiger partial charge in [-0.1, -0.05) is 13.3 Å². The van der Waals surface area contributed by atoms with Gasteiger partial charge < -0.3 is 28.6 Å². The first-order valence-corrected chi connectivity index (χ1v) is 7.33. The van der Waals surface area contributed by atoms with Gasteiger partial charge in [0.25, 0.3) is 0 Å². The number of fused-ring (bicyclic) bond motifs is 2. The summed E-state index contributed by atoms with van der Waals surface area (Å²) >= 11 is 0. The van der Waals surface area contributed by atoms with Gasteiger partial charge in [-0.2, -0.15) is 0 Å². The van der Waals surface area contributed by atoms with Crippen molar-refractivity contribution < 1.29 is 28.6 Å². The molecule has 9 heteroatoms. The second kappa shape index (κ2) is 7.61. The molecule has 0 bridgehead atoms. The Labute approximate surface area is 175 Å². The van der Waals surface area contributed by atoms with Crippen LogP contribution in [0, 0.1) is 0 Å². The van der Waals surface area contributed by atoms with Gasteiger partial charge in [0.1, 0.15) is 23.1 Å². The Bertz CT molecular complexity index is 1070. The maximum Gasteiger partial charge on any atom is 2.00 e. The van der Waals surface area contributed by atoms with Gasteiger partial charge in [-0.3, -0.25) is 9.59 Å². The minimum atomic E-state index is -1.67. The standard InChI is InChI=1S/C17H12O8.Ca/c1-2-3-7-14-8(10(18)5-12(24-14)16(20)21)4-9-11(19)6-13(17(22)23)25-15(7)9;/h4-6H,2-3H2,1H3,(H,20,21)(H,22,23);/q;+2/p-2. The molecule has 128 valence electrons. The number of aromatic carboxylic acids is 2. The molecule has 0 saturated heterocycles. The molecule has 0 unspecified atom stereocenters. The Hall–Kier alpha value is -2.16. The van der Waals surface area contributed by atoms with E-state index in [1.54, 1.807) is 6.92 Å². The molecule has 0 fully saturated rings. The molecule has 2 aromatic heterocycles. The molecule has 3 rings (SSSR count). The minimum Gasteiger partial charge on any atom is -0.542 e. The van der Waals surface area contributed by atoms with Crippen LogP contribution in [0.4, 0.5) is 0 Å². The Morgan fingerprint density at radius 1 is 0.885 bits per heavy atom. The number of carboxylic acid groups (broad SMARTS) is 2. The van der Waals surface area contributed by atoms with E-state index in [4.69, 9.17) is 8.83 Å². The molecule has 8 nitrogen and oxygen atoms in total. The average Bonchev–Trinajstić information content (AvgIpc) is 2.55. The molecule has 2 heterocycles. The van der Waals surface area contributed by atoms with Crippen LogP contribution in [0.1, 0.15) is 40.0 Å². The molecule has 0 saturated carbocycles. The van der Waals surface area contributed by atoms with Crippen LogP contribution in [0.5, 0.6) is 0 Å². The van der Waals surface area contributed by atoms with E-state index in [1.807, 2.05) is 0 Å². The van der Waals surface area contributed by atoms with Crippen LogP contribution in [0.3, 0.4) is 0 Å². The van der Waals surface area contributed by atoms with E-state index < -0.39 is 34.3 Å². The van der Waals surface area contributed by atoms with Crippen LogP contribution in [0.25, 0.3) is 21.9 Å². The van der Waals surface area contributed by atoms with Gasteiger partial charge in [0, 0.05) is 17.7 Å². The summed E-state index contributed by atoms with van der Waals surface area (Å²) in [7, 11) is 0. The number of carbonyl (C=O) groups excluding carboxylic acids is 2. The van der Waals surface area contributed by atoms with Crippen molar-refractivity contribution in [2.24, 2.45) is 0 Å². The predicted molar refractivity (Wildman–Crippen MR) is 86.9 cm³/mol. The molecule has 0 aliphatic carbocycles. The van der Waals surface area contributed by atoms with Crippen LogP contribution in [0.2, 0.25) is 0 Å². The molecule has 0 aliphatic rings. The van der Waals surface area contributed by atoms with Crippen LogP contribution in [-0.4, -0.2) is 49.7 Å². The maximum absolute atomic E-state index is 12.2. The van der Waals surface area contributed by atoms with Crippen LogP contribution < -0.4 is 21.1 Å². The molecule has 0 N–H and O–H groups in total. The molecule has 0 amide bonds. The van der Waals surface area contributed by atoms with Gasteiger partial charge in [0.15, 0.2) is 22.4 Å². The predicted octanol–water partition coefficient (Wildman–Crippen LogP) is -0.802. The van der Waals surface area contributed by atoms with Gasteiger partial charge >= 0.3 is 37.7 Å². The molecular formula is C17H10CaO8. The van der Waals surface area contributed by atoms with E-state index in [9.17, 15) is 29.4 Å². The Kier molecular flexibility index (Phi) is 5.90. The normalized spacial score (nSPS) is 10.7. The fourth-order valence-electron chi connectivity index (χ4n) is 2.65. The minimum absolute atomic E-state index is 0. The summed E-state index contributed by atoms with van der Waals surface area (Å²) in [6, 6.07) is 2.71. The van der Waals surface area contributed by atoms with Crippen molar-refractivity contribution in [2.75, 3.05) is 0 Å². The zero-order valence-corrected chi connectivity index (χ0v) is 15.8. The van der Waals surface area contributed by atoms with Gasteiger partial charge in [-0.15, -0.1) is 0 Å². The smallest absolute Gasteiger partial charge is 0.542 e. The zero-order chi connectivity index (χ0) is 18.3. The van der Waals surface area contributed by atoms with E-state index in [0.29, 0.717) is 6.42 Å². The van der Waals surface area contributed by atoms with E-state index >= 15 is 0 Å². The first-order valence-electron chi connectivity index (χ1n) is 7.33.